The van der Waals surface area contributed by atoms with Crippen molar-refractivity contribution in [2.24, 2.45) is 5.16 Å². The predicted molar refractivity (Wildman–Crippen MR) is 81.9 cm³/mol. The molecule has 2 aromatic rings. The van der Waals surface area contributed by atoms with Gasteiger partial charge in [0.2, 0.25) is 11.6 Å². The number of rotatable bonds is 4. The highest BCUT2D eigenvalue weighted by atomic mass is 16.6. The number of oxime groups is 1. The Balaban J connectivity index is 1.91. The molecule has 0 radical (unpaired) electrons. The Morgan fingerprint density at radius 3 is 2.45 bits per heavy atom. The summed E-state index contributed by atoms with van der Waals surface area (Å²) in [5.74, 6) is -1.09. The van der Waals surface area contributed by atoms with Crippen LogP contribution in [0, 0.1) is 0 Å². The van der Waals surface area contributed by atoms with Crippen LogP contribution in [0.4, 0.5) is 0 Å². The van der Waals surface area contributed by atoms with E-state index in [0.717, 1.165) is 11.1 Å². The summed E-state index contributed by atoms with van der Waals surface area (Å²) in [6.07, 6.45) is 6.60. The third-order valence-electron chi connectivity index (χ3n) is 3.35. The molecule has 22 heavy (non-hydrogen) atoms. The van der Waals surface area contributed by atoms with Gasteiger partial charge in [-0.15, -0.1) is 0 Å². The van der Waals surface area contributed by atoms with Crippen LogP contribution in [0.1, 0.15) is 31.8 Å². The van der Waals surface area contributed by atoms with Crippen LogP contribution in [-0.4, -0.2) is 29.4 Å². The zero-order chi connectivity index (χ0) is 15.5. The lowest BCUT2D eigenvalue weighted by Gasteiger charge is -2.04. The fourth-order valence-corrected chi connectivity index (χ4v) is 2.28. The lowest BCUT2D eigenvalue weighted by atomic mass is 9.98. The van der Waals surface area contributed by atoms with Crippen molar-refractivity contribution in [1.82, 2.24) is 4.98 Å². The van der Waals surface area contributed by atoms with E-state index in [9.17, 15) is 9.59 Å². The Bertz CT molecular complexity index is 808. The number of benzene rings is 1. The van der Waals surface area contributed by atoms with E-state index in [1.165, 1.54) is 31.6 Å². The molecule has 0 amide bonds. The van der Waals surface area contributed by atoms with Crippen molar-refractivity contribution in [3.63, 3.8) is 0 Å². The molecule has 1 heterocycles. The molecule has 0 N–H and O–H groups in total. The van der Waals surface area contributed by atoms with Crippen LogP contribution in [0.3, 0.4) is 0 Å². The molecule has 1 aliphatic rings. The Labute approximate surface area is 126 Å². The monoisotopic (exact) mass is 292 g/mol. The topological polar surface area (TPSA) is 68.6 Å². The predicted octanol–water partition coefficient (Wildman–Crippen LogP) is 2.52. The number of allylic oxidation sites excluding steroid dienone is 1. The molecule has 0 saturated carbocycles. The number of nitrogens with zero attached hydrogens (tertiary/aromatic N) is 2. The fourth-order valence-electron chi connectivity index (χ4n) is 2.28. The number of hydrogen-bond acceptors (Lipinski definition) is 5. The first-order chi connectivity index (χ1) is 10.7. The number of fused-ring (bicyclic) bond motifs is 1. The average Bonchev–Trinajstić information content (AvgIpc) is 2.97. The van der Waals surface area contributed by atoms with Crippen molar-refractivity contribution in [2.45, 2.75) is 0 Å². The highest BCUT2D eigenvalue weighted by Gasteiger charge is 2.21. The molecule has 108 valence electrons. The van der Waals surface area contributed by atoms with Gasteiger partial charge in [-0.2, -0.15) is 0 Å². The summed E-state index contributed by atoms with van der Waals surface area (Å²) in [7, 11) is 1.48. The van der Waals surface area contributed by atoms with Gasteiger partial charge in [0, 0.05) is 29.1 Å². The zero-order valence-electron chi connectivity index (χ0n) is 11.8. The molecule has 0 spiro atoms. The average molecular weight is 292 g/mol. The summed E-state index contributed by atoms with van der Waals surface area (Å²) in [6, 6.07) is 8.12. The molecule has 0 unspecified atom stereocenters. The highest BCUT2D eigenvalue weighted by Crippen LogP contribution is 2.22. The number of Topliss-reactive ketones (excluding diaryl/α,β-unsaturated/α-hetero) is 2. The van der Waals surface area contributed by atoms with Crippen LogP contribution >= 0.6 is 0 Å². The molecule has 5 nitrogen and oxygen atoms in total. The second kappa shape index (κ2) is 5.73. The Kier molecular flexibility index (Phi) is 3.62. The molecule has 0 atom stereocenters. The van der Waals surface area contributed by atoms with E-state index in [1.807, 2.05) is 6.08 Å². The molecule has 0 saturated heterocycles. The molecule has 1 aliphatic carbocycles. The van der Waals surface area contributed by atoms with Crippen LogP contribution in [0.15, 0.2) is 54.0 Å². The summed E-state index contributed by atoms with van der Waals surface area (Å²) in [6.45, 7) is 0. The van der Waals surface area contributed by atoms with Crippen LogP contribution in [-0.2, 0) is 4.84 Å². The maximum Gasteiger partial charge on any atom is 0.233 e. The summed E-state index contributed by atoms with van der Waals surface area (Å²) in [5, 5.41) is 3.89. The van der Waals surface area contributed by atoms with Gasteiger partial charge in [0.15, 0.2) is 0 Å². The maximum atomic E-state index is 12.3. The fraction of sp³-hybridized carbons (Fsp3) is 0.0588. The number of aromatic nitrogens is 1. The van der Waals surface area contributed by atoms with E-state index in [0.29, 0.717) is 16.8 Å². The van der Waals surface area contributed by atoms with E-state index in [-0.39, 0.29) is 0 Å². The number of pyridine rings is 1. The van der Waals surface area contributed by atoms with Crippen molar-refractivity contribution in [2.75, 3.05) is 7.11 Å². The summed E-state index contributed by atoms with van der Waals surface area (Å²) < 4.78 is 0. The number of hydrogen-bond donors (Lipinski definition) is 0. The molecule has 1 aromatic heterocycles. The molecular weight excluding hydrogens is 280 g/mol. The molecular formula is C17H12N2O3. The van der Waals surface area contributed by atoms with Gasteiger partial charge in [0.1, 0.15) is 12.8 Å². The maximum absolute atomic E-state index is 12.3. The molecule has 0 aliphatic heterocycles. The normalized spacial score (nSPS) is 14.0. The minimum Gasteiger partial charge on any atom is -0.399 e. The van der Waals surface area contributed by atoms with E-state index in [4.69, 9.17) is 4.84 Å². The van der Waals surface area contributed by atoms with Crippen molar-refractivity contribution in [3.8, 4) is 0 Å². The third kappa shape index (κ3) is 2.44. The quantitative estimate of drug-likeness (QED) is 0.493. The first-order valence-electron chi connectivity index (χ1n) is 6.63. The lowest BCUT2D eigenvalue weighted by Crippen LogP contribution is -2.14. The van der Waals surface area contributed by atoms with Gasteiger partial charge in [-0.3, -0.25) is 14.6 Å². The van der Waals surface area contributed by atoms with Crippen molar-refractivity contribution >= 4 is 23.4 Å². The molecule has 0 fully saturated rings. The largest absolute Gasteiger partial charge is 0.399 e. The second-order valence-corrected chi connectivity index (χ2v) is 4.69. The second-order valence-electron chi connectivity index (χ2n) is 4.69. The summed E-state index contributed by atoms with van der Waals surface area (Å²) in [4.78, 5) is 33.1. The zero-order valence-corrected chi connectivity index (χ0v) is 11.8. The SMILES string of the molecule is CON=C1C=Cc2cc(C(=O)C(=O)c3ccncc3)ccc21. The van der Waals surface area contributed by atoms with Gasteiger partial charge in [-0.05, 0) is 29.8 Å². The standard InChI is InChI=1S/C17H12N2O3/c1-22-19-15-5-3-12-10-13(2-4-14(12)15)17(21)16(20)11-6-8-18-9-7-11/h2-10H,1H3. The highest BCUT2D eigenvalue weighted by molar-refractivity contribution is 6.49. The minimum atomic E-state index is -0.546. The van der Waals surface area contributed by atoms with E-state index >= 15 is 0 Å². The Hall–Kier alpha value is -3.08. The van der Waals surface area contributed by atoms with Gasteiger partial charge in [-0.1, -0.05) is 23.4 Å². The van der Waals surface area contributed by atoms with E-state index in [2.05, 4.69) is 10.1 Å². The first kappa shape index (κ1) is 13.9. The Morgan fingerprint density at radius 2 is 1.73 bits per heavy atom. The molecule has 1 aromatic carbocycles. The lowest BCUT2D eigenvalue weighted by molar-refractivity contribution is 0.0817. The summed E-state index contributed by atoms with van der Waals surface area (Å²) in [5.41, 5.74) is 3.08. The van der Waals surface area contributed by atoms with Crippen molar-refractivity contribution in [1.29, 1.82) is 0 Å². The minimum absolute atomic E-state index is 0.331. The van der Waals surface area contributed by atoms with Crippen molar-refractivity contribution in [3.05, 3.63) is 71.1 Å². The molecule has 5 heteroatoms. The van der Waals surface area contributed by atoms with Gasteiger partial charge < -0.3 is 4.84 Å². The van der Waals surface area contributed by atoms with Gasteiger partial charge >= 0.3 is 0 Å². The third-order valence-corrected chi connectivity index (χ3v) is 3.35. The number of ketones is 2. The van der Waals surface area contributed by atoms with Gasteiger partial charge in [0.25, 0.3) is 0 Å². The van der Waals surface area contributed by atoms with E-state index < -0.39 is 11.6 Å². The molecule has 3 rings (SSSR count). The van der Waals surface area contributed by atoms with Crippen LogP contribution in [0.2, 0.25) is 0 Å². The number of carbonyl (C=O) groups is 2. The van der Waals surface area contributed by atoms with Crippen molar-refractivity contribution < 1.29 is 14.4 Å². The molecule has 0 bridgehead atoms. The Morgan fingerprint density at radius 1 is 1.00 bits per heavy atom. The van der Waals surface area contributed by atoms with Crippen LogP contribution < -0.4 is 0 Å². The van der Waals surface area contributed by atoms with E-state index in [1.54, 1.807) is 24.3 Å². The number of carbonyl (C=O) groups excluding carboxylic acids is 2. The van der Waals surface area contributed by atoms with Crippen LogP contribution in [0.25, 0.3) is 6.08 Å². The first-order valence-corrected chi connectivity index (χ1v) is 6.63. The smallest absolute Gasteiger partial charge is 0.233 e. The summed E-state index contributed by atoms with van der Waals surface area (Å²) >= 11 is 0. The van der Waals surface area contributed by atoms with Gasteiger partial charge in [-0.25, -0.2) is 0 Å². The van der Waals surface area contributed by atoms with Crippen LogP contribution in [0.5, 0.6) is 0 Å². The van der Waals surface area contributed by atoms with Gasteiger partial charge in [0.05, 0.1) is 0 Å².